The van der Waals surface area contributed by atoms with E-state index in [1.807, 2.05) is 0 Å². The Hall–Kier alpha value is -3.52. The first-order valence-corrected chi connectivity index (χ1v) is 13.1. The van der Waals surface area contributed by atoms with Crippen molar-refractivity contribution in [2.45, 2.75) is 30.3 Å². The fourth-order valence-corrected chi connectivity index (χ4v) is 7.41. The van der Waals surface area contributed by atoms with Gasteiger partial charge >= 0.3 is 0 Å². The maximum absolute atomic E-state index is 13.9. The fourth-order valence-electron chi connectivity index (χ4n) is 7.41. The third-order valence-electron chi connectivity index (χ3n) is 8.85. The zero-order chi connectivity index (χ0) is 26.8. The molecule has 4 heterocycles. The summed E-state index contributed by atoms with van der Waals surface area (Å²) in [6.45, 7) is 0.494. The van der Waals surface area contributed by atoms with Crippen molar-refractivity contribution in [2.24, 2.45) is 11.8 Å². The van der Waals surface area contributed by atoms with E-state index < -0.39 is 6.10 Å². The highest BCUT2D eigenvalue weighted by molar-refractivity contribution is 5.37. The minimum atomic E-state index is -0.812. The second kappa shape index (κ2) is 9.30. The van der Waals surface area contributed by atoms with Gasteiger partial charge in [-0.2, -0.15) is 0 Å². The molecule has 0 radical (unpaired) electrons. The molecule has 0 aliphatic carbocycles. The maximum Gasteiger partial charge on any atom is 0.123 e. The van der Waals surface area contributed by atoms with Crippen molar-refractivity contribution in [2.75, 3.05) is 6.67 Å². The highest BCUT2D eigenvalue weighted by Gasteiger charge is 2.65. The van der Waals surface area contributed by atoms with Crippen molar-refractivity contribution in [3.05, 3.63) is 143 Å². The van der Waals surface area contributed by atoms with Gasteiger partial charge in [-0.3, -0.25) is 9.80 Å². The van der Waals surface area contributed by atoms with Crippen LogP contribution in [0.1, 0.15) is 46.4 Å². The normalized spacial score (nSPS) is 32.9. The summed E-state index contributed by atoms with van der Waals surface area (Å²) in [6, 6.07) is 24.4. The van der Waals surface area contributed by atoms with Gasteiger partial charge in [0.25, 0.3) is 0 Å². The standard InChI is InChI=1S/C32H26F4N2O/c33-22-9-1-18(2-10-22)28-26-29(19-3-11-23(34)12-4-19)38-17-37(28)30(20-5-13-24(35)14-6-20)27(32(26)39)31(38)21-7-15-25(36)16-8-21/h1-16,26-32,39H,17H2. The van der Waals surface area contributed by atoms with Crippen LogP contribution in [-0.4, -0.2) is 27.7 Å². The number of nitrogens with zero attached hydrogens (tertiary/aromatic N) is 2. The van der Waals surface area contributed by atoms with Crippen molar-refractivity contribution in [3.63, 3.8) is 0 Å². The molecule has 0 aromatic heterocycles. The van der Waals surface area contributed by atoms with Crippen LogP contribution in [0.2, 0.25) is 0 Å². The van der Waals surface area contributed by atoms with E-state index in [0.717, 1.165) is 22.3 Å². The molecule has 7 heteroatoms. The van der Waals surface area contributed by atoms with Gasteiger partial charge in [0, 0.05) is 36.0 Å². The molecule has 39 heavy (non-hydrogen) atoms. The van der Waals surface area contributed by atoms with E-state index in [9.17, 15) is 22.7 Å². The third-order valence-corrected chi connectivity index (χ3v) is 8.85. The van der Waals surface area contributed by atoms with Crippen molar-refractivity contribution < 1.29 is 22.7 Å². The lowest BCUT2D eigenvalue weighted by Crippen LogP contribution is -2.71. The highest BCUT2D eigenvalue weighted by Crippen LogP contribution is 2.65. The number of aliphatic hydroxyl groups is 1. The van der Waals surface area contributed by atoms with E-state index in [4.69, 9.17) is 0 Å². The average Bonchev–Trinajstić information content (AvgIpc) is 2.94. The Morgan fingerprint density at radius 2 is 0.667 bits per heavy atom. The Labute approximate surface area is 223 Å². The van der Waals surface area contributed by atoms with Crippen molar-refractivity contribution in [1.29, 1.82) is 0 Å². The molecule has 4 saturated heterocycles. The van der Waals surface area contributed by atoms with Gasteiger partial charge in [0.05, 0.1) is 12.8 Å². The Morgan fingerprint density at radius 3 is 0.897 bits per heavy atom. The first kappa shape index (κ1) is 24.5. The lowest BCUT2D eigenvalue weighted by atomic mass is 9.59. The van der Waals surface area contributed by atoms with Crippen LogP contribution in [0.15, 0.2) is 97.1 Å². The monoisotopic (exact) mass is 530 g/mol. The van der Waals surface area contributed by atoms with Crippen LogP contribution in [0.25, 0.3) is 0 Å². The number of halogens is 4. The Balaban J connectivity index is 1.43. The summed E-state index contributed by atoms with van der Waals surface area (Å²) in [5, 5.41) is 12.2. The molecule has 0 amide bonds. The van der Waals surface area contributed by atoms with Crippen LogP contribution >= 0.6 is 0 Å². The van der Waals surface area contributed by atoms with Gasteiger partial charge in [-0.05, 0) is 70.8 Å². The molecule has 198 valence electrons. The SMILES string of the molecule is OC1C2C(c3ccc(F)cc3)N3CN(C2c2ccc(F)cc2)C(c2ccc(F)cc2)C1C3c1ccc(F)cc1. The molecule has 4 aromatic rings. The van der Waals surface area contributed by atoms with E-state index in [2.05, 4.69) is 9.80 Å². The van der Waals surface area contributed by atoms with Crippen LogP contribution in [0.5, 0.6) is 0 Å². The van der Waals surface area contributed by atoms with Gasteiger partial charge in [-0.25, -0.2) is 17.6 Å². The minimum Gasteiger partial charge on any atom is -0.392 e. The first-order valence-electron chi connectivity index (χ1n) is 13.1. The smallest absolute Gasteiger partial charge is 0.123 e. The van der Waals surface area contributed by atoms with Crippen LogP contribution < -0.4 is 0 Å². The molecule has 0 spiro atoms. The summed E-state index contributed by atoms with van der Waals surface area (Å²) in [7, 11) is 0. The third kappa shape index (κ3) is 3.91. The van der Waals surface area contributed by atoms with Gasteiger partial charge < -0.3 is 5.11 Å². The number of piperidine rings is 2. The molecule has 4 aromatic carbocycles. The van der Waals surface area contributed by atoms with E-state index >= 15 is 0 Å². The summed E-state index contributed by atoms with van der Waals surface area (Å²) in [5.74, 6) is -2.00. The molecule has 3 nitrogen and oxygen atoms in total. The second-order valence-corrected chi connectivity index (χ2v) is 10.8. The van der Waals surface area contributed by atoms with E-state index in [-0.39, 0.29) is 59.3 Å². The summed E-state index contributed by atoms with van der Waals surface area (Å²) in [4.78, 5) is 4.62. The molecule has 4 fully saturated rings. The molecule has 4 atom stereocenters. The van der Waals surface area contributed by atoms with Gasteiger partial charge in [0.1, 0.15) is 23.3 Å². The summed E-state index contributed by atoms with van der Waals surface area (Å²) in [6.07, 6.45) is -0.812. The van der Waals surface area contributed by atoms with Gasteiger partial charge in [0.15, 0.2) is 0 Å². The number of benzene rings is 4. The van der Waals surface area contributed by atoms with E-state index in [1.54, 1.807) is 48.5 Å². The number of hydrogen-bond donors (Lipinski definition) is 1. The average molecular weight is 531 g/mol. The Morgan fingerprint density at radius 1 is 0.436 bits per heavy atom. The van der Waals surface area contributed by atoms with Crippen LogP contribution in [-0.2, 0) is 0 Å². The van der Waals surface area contributed by atoms with E-state index in [1.165, 1.54) is 48.5 Å². The van der Waals surface area contributed by atoms with Gasteiger partial charge in [-0.15, -0.1) is 0 Å². The van der Waals surface area contributed by atoms with Gasteiger partial charge in [-0.1, -0.05) is 48.5 Å². The van der Waals surface area contributed by atoms with E-state index in [0.29, 0.717) is 6.67 Å². The van der Waals surface area contributed by atoms with Crippen molar-refractivity contribution >= 4 is 0 Å². The molecule has 4 aliphatic rings. The Kier molecular flexibility index (Phi) is 5.84. The van der Waals surface area contributed by atoms with Crippen LogP contribution in [0, 0.1) is 35.1 Å². The quantitative estimate of drug-likeness (QED) is 0.298. The molecule has 8 rings (SSSR count). The lowest BCUT2D eigenvalue weighted by molar-refractivity contribution is -0.260. The van der Waals surface area contributed by atoms with Gasteiger partial charge in [0.2, 0.25) is 0 Å². The maximum atomic E-state index is 13.9. The molecular formula is C32H26F4N2O. The topological polar surface area (TPSA) is 26.7 Å². The molecule has 0 saturated carbocycles. The zero-order valence-corrected chi connectivity index (χ0v) is 20.8. The number of aliphatic hydroxyl groups excluding tert-OH is 1. The first-order chi connectivity index (χ1) is 18.9. The zero-order valence-electron chi connectivity index (χ0n) is 20.8. The summed E-state index contributed by atoms with van der Waals surface area (Å²) >= 11 is 0. The number of hydrogen-bond acceptors (Lipinski definition) is 3. The lowest BCUT2D eigenvalue weighted by Gasteiger charge is -2.69. The predicted molar refractivity (Wildman–Crippen MR) is 138 cm³/mol. The molecule has 4 bridgehead atoms. The molecule has 1 N–H and O–H groups in total. The summed E-state index contributed by atoms with van der Waals surface area (Å²) < 4.78 is 55.8. The van der Waals surface area contributed by atoms with Crippen molar-refractivity contribution in [3.8, 4) is 0 Å². The second-order valence-electron chi connectivity index (χ2n) is 10.8. The molecule has 4 aliphatic heterocycles. The predicted octanol–water partition coefficient (Wildman–Crippen LogP) is 6.70. The van der Waals surface area contributed by atoms with Crippen LogP contribution in [0.4, 0.5) is 17.6 Å². The number of rotatable bonds is 4. The summed E-state index contributed by atoms with van der Waals surface area (Å²) in [5.41, 5.74) is 3.49. The minimum absolute atomic E-state index is 0.271. The molecular weight excluding hydrogens is 504 g/mol. The van der Waals surface area contributed by atoms with Crippen LogP contribution in [0.3, 0.4) is 0 Å². The Bertz CT molecular complexity index is 1260. The largest absolute Gasteiger partial charge is 0.392 e. The molecule has 4 unspecified atom stereocenters. The van der Waals surface area contributed by atoms with Crippen molar-refractivity contribution in [1.82, 2.24) is 9.80 Å². The fraction of sp³-hybridized carbons (Fsp3) is 0.250. The highest BCUT2D eigenvalue weighted by atomic mass is 19.1.